The van der Waals surface area contributed by atoms with Crippen molar-refractivity contribution in [3.05, 3.63) is 29.3 Å². The normalized spacial score (nSPS) is 18.9. The van der Waals surface area contributed by atoms with Gasteiger partial charge in [0.15, 0.2) is 0 Å². The Bertz CT molecular complexity index is 378. The Morgan fingerprint density at radius 1 is 1.50 bits per heavy atom. The van der Waals surface area contributed by atoms with E-state index in [1.165, 1.54) is 11.1 Å². The molecule has 1 unspecified atom stereocenters. The minimum absolute atomic E-state index is 0.753. The maximum Gasteiger partial charge on any atom is 0.0913 e. The standard InChI is InChI=1S/C10H14N2OS/c1-14(13)12-6-5-9-8(7-12)3-2-4-10(9)11/h2-4H,5-7,11H2,1H3. The SMILES string of the molecule is CS(=O)N1CCc2c(N)cccc2C1. The summed E-state index contributed by atoms with van der Waals surface area (Å²) in [6.07, 6.45) is 2.62. The second-order valence-corrected chi connectivity index (χ2v) is 4.89. The average Bonchev–Trinajstić information content (AvgIpc) is 2.17. The number of hydrogen-bond acceptors (Lipinski definition) is 2. The average molecular weight is 210 g/mol. The molecule has 0 bridgehead atoms. The summed E-state index contributed by atoms with van der Waals surface area (Å²) in [5.41, 5.74) is 9.18. The first-order valence-corrected chi connectivity index (χ1v) is 6.14. The van der Waals surface area contributed by atoms with E-state index < -0.39 is 11.0 Å². The van der Waals surface area contributed by atoms with Gasteiger partial charge in [-0.05, 0) is 23.6 Å². The van der Waals surface area contributed by atoms with Crippen LogP contribution in [0.5, 0.6) is 0 Å². The summed E-state index contributed by atoms with van der Waals surface area (Å²) in [6, 6.07) is 5.94. The lowest BCUT2D eigenvalue weighted by molar-refractivity contribution is 0.424. The Balaban J connectivity index is 2.31. The van der Waals surface area contributed by atoms with Gasteiger partial charge in [-0.15, -0.1) is 0 Å². The third-order valence-corrected chi connectivity index (χ3v) is 3.67. The third-order valence-electron chi connectivity index (χ3n) is 2.63. The van der Waals surface area contributed by atoms with Gasteiger partial charge in [0.05, 0.1) is 11.0 Å². The van der Waals surface area contributed by atoms with E-state index in [1.807, 2.05) is 16.4 Å². The minimum atomic E-state index is -0.873. The number of fused-ring (bicyclic) bond motifs is 1. The Hall–Kier alpha value is -0.870. The largest absolute Gasteiger partial charge is 0.398 e. The molecule has 1 aliphatic rings. The zero-order valence-electron chi connectivity index (χ0n) is 8.19. The monoisotopic (exact) mass is 210 g/mol. The highest BCUT2D eigenvalue weighted by Gasteiger charge is 2.19. The van der Waals surface area contributed by atoms with Gasteiger partial charge < -0.3 is 5.73 Å². The summed E-state index contributed by atoms with van der Waals surface area (Å²) >= 11 is 0. The van der Waals surface area contributed by atoms with Crippen molar-refractivity contribution in [1.82, 2.24) is 4.31 Å². The van der Waals surface area contributed by atoms with Gasteiger partial charge in [0, 0.05) is 25.0 Å². The van der Waals surface area contributed by atoms with Crippen LogP contribution in [0.1, 0.15) is 11.1 Å². The molecule has 76 valence electrons. The fourth-order valence-corrected chi connectivity index (χ4v) is 2.50. The van der Waals surface area contributed by atoms with Gasteiger partial charge in [0.25, 0.3) is 0 Å². The summed E-state index contributed by atoms with van der Waals surface area (Å²) < 4.78 is 13.3. The maximum absolute atomic E-state index is 11.3. The number of nitrogens with two attached hydrogens (primary N) is 1. The molecule has 4 heteroatoms. The van der Waals surface area contributed by atoms with E-state index in [4.69, 9.17) is 5.73 Å². The number of rotatable bonds is 1. The molecule has 1 aliphatic heterocycles. The van der Waals surface area contributed by atoms with Crippen LogP contribution in [0.15, 0.2) is 18.2 Å². The molecule has 0 saturated heterocycles. The van der Waals surface area contributed by atoms with Crippen LogP contribution in [0.4, 0.5) is 5.69 Å². The van der Waals surface area contributed by atoms with Gasteiger partial charge >= 0.3 is 0 Å². The fourth-order valence-electron chi connectivity index (χ4n) is 1.83. The summed E-state index contributed by atoms with van der Waals surface area (Å²) in [4.78, 5) is 0. The molecule has 3 nitrogen and oxygen atoms in total. The van der Waals surface area contributed by atoms with Gasteiger partial charge in [-0.3, -0.25) is 0 Å². The molecule has 0 fully saturated rings. The fraction of sp³-hybridized carbons (Fsp3) is 0.400. The van der Waals surface area contributed by atoms with Crippen LogP contribution < -0.4 is 5.73 Å². The zero-order valence-corrected chi connectivity index (χ0v) is 9.01. The molecule has 2 rings (SSSR count). The van der Waals surface area contributed by atoms with Gasteiger partial charge in [-0.2, -0.15) is 0 Å². The lowest BCUT2D eigenvalue weighted by atomic mass is 9.99. The van der Waals surface area contributed by atoms with E-state index in [2.05, 4.69) is 6.07 Å². The first-order valence-electron chi connectivity index (χ1n) is 4.63. The molecule has 1 aromatic rings. The van der Waals surface area contributed by atoms with Crippen molar-refractivity contribution in [3.8, 4) is 0 Å². The maximum atomic E-state index is 11.3. The van der Waals surface area contributed by atoms with Crippen molar-refractivity contribution in [1.29, 1.82) is 0 Å². The van der Waals surface area contributed by atoms with Crippen LogP contribution in [0.2, 0.25) is 0 Å². The highest BCUT2D eigenvalue weighted by molar-refractivity contribution is 7.81. The number of hydrogen-bond donors (Lipinski definition) is 1. The molecule has 0 radical (unpaired) electrons. The Kier molecular flexibility index (Phi) is 2.56. The first-order chi connectivity index (χ1) is 6.68. The molecule has 1 heterocycles. The summed E-state index contributed by atoms with van der Waals surface area (Å²) in [5, 5.41) is 0. The van der Waals surface area contributed by atoms with Crippen LogP contribution in [0, 0.1) is 0 Å². The van der Waals surface area contributed by atoms with Crippen LogP contribution in [-0.4, -0.2) is 21.3 Å². The first kappa shape index (κ1) is 9.68. The molecule has 14 heavy (non-hydrogen) atoms. The van der Waals surface area contributed by atoms with E-state index >= 15 is 0 Å². The molecule has 1 atom stereocenters. The van der Waals surface area contributed by atoms with Crippen molar-refractivity contribution < 1.29 is 4.21 Å². The van der Waals surface area contributed by atoms with Crippen molar-refractivity contribution in [3.63, 3.8) is 0 Å². The Morgan fingerprint density at radius 3 is 3.00 bits per heavy atom. The molecular weight excluding hydrogens is 196 g/mol. The molecule has 2 N–H and O–H groups in total. The smallest absolute Gasteiger partial charge is 0.0913 e. The van der Waals surface area contributed by atoms with Crippen LogP contribution >= 0.6 is 0 Å². The number of nitrogen functional groups attached to an aromatic ring is 1. The highest BCUT2D eigenvalue weighted by atomic mass is 32.2. The van der Waals surface area contributed by atoms with E-state index in [-0.39, 0.29) is 0 Å². The van der Waals surface area contributed by atoms with E-state index in [9.17, 15) is 4.21 Å². The molecule has 0 spiro atoms. The molecular formula is C10H14N2OS. The Labute approximate surface area is 86.5 Å². The van der Waals surface area contributed by atoms with Crippen molar-refractivity contribution in [2.24, 2.45) is 0 Å². The van der Waals surface area contributed by atoms with Crippen molar-refractivity contribution >= 4 is 16.7 Å². The van der Waals surface area contributed by atoms with Gasteiger partial charge in [0.2, 0.25) is 0 Å². The number of benzene rings is 1. The van der Waals surface area contributed by atoms with Gasteiger partial charge in [-0.25, -0.2) is 8.51 Å². The second kappa shape index (κ2) is 3.71. The van der Waals surface area contributed by atoms with E-state index in [1.54, 1.807) is 6.26 Å². The zero-order chi connectivity index (χ0) is 10.1. The Morgan fingerprint density at radius 2 is 2.29 bits per heavy atom. The summed E-state index contributed by atoms with van der Waals surface area (Å²) in [7, 11) is -0.873. The predicted octanol–water partition coefficient (Wildman–Crippen LogP) is 0.920. The lowest BCUT2D eigenvalue weighted by Gasteiger charge is -2.27. The summed E-state index contributed by atoms with van der Waals surface area (Å²) in [6.45, 7) is 1.59. The number of anilines is 1. The van der Waals surface area contributed by atoms with Gasteiger partial charge in [0.1, 0.15) is 0 Å². The lowest BCUT2D eigenvalue weighted by Crippen LogP contribution is -2.31. The molecule has 1 aromatic carbocycles. The predicted molar refractivity (Wildman–Crippen MR) is 59.0 cm³/mol. The van der Waals surface area contributed by atoms with Gasteiger partial charge in [-0.1, -0.05) is 12.1 Å². The van der Waals surface area contributed by atoms with Crippen LogP contribution in [0.25, 0.3) is 0 Å². The number of nitrogens with zero attached hydrogens (tertiary/aromatic N) is 1. The van der Waals surface area contributed by atoms with E-state index in [0.717, 1.165) is 25.2 Å². The third kappa shape index (κ3) is 1.67. The quantitative estimate of drug-likeness (QED) is 0.701. The minimum Gasteiger partial charge on any atom is -0.398 e. The van der Waals surface area contributed by atoms with Crippen LogP contribution in [0.3, 0.4) is 0 Å². The molecule has 0 aliphatic carbocycles. The van der Waals surface area contributed by atoms with Crippen LogP contribution in [-0.2, 0) is 24.0 Å². The molecule has 0 amide bonds. The molecule has 0 saturated carbocycles. The van der Waals surface area contributed by atoms with Crippen molar-refractivity contribution in [2.45, 2.75) is 13.0 Å². The van der Waals surface area contributed by atoms with Crippen molar-refractivity contribution in [2.75, 3.05) is 18.5 Å². The second-order valence-electron chi connectivity index (χ2n) is 3.52. The topological polar surface area (TPSA) is 46.3 Å². The van der Waals surface area contributed by atoms with E-state index in [0.29, 0.717) is 0 Å². The summed E-state index contributed by atoms with van der Waals surface area (Å²) in [5.74, 6) is 0. The molecule has 0 aromatic heterocycles. The highest BCUT2D eigenvalue weighted by Crippen LogP contribution is 2.24.